The highest BCUT2D eigenvalue weighted by molar-refractivity contribution is 7.99. The van der Waals surface area contributed by atoms with Crippen LogP contribution in [0.2, 0.25) is 5.02 Å². The van der Waals surface area contributed by atoms with Gasteiger partial charge in [-0.3, -0.25) is 14.0 Å². The third-order valence-corrected chi connectivity index (χ3v) is 19.1. The Morgan fingerprint density at radius 3 is 2.09 bits per heavy atom. The summed E-state index contributed by atoms with van der Waals surface area (Å²) in [6.45, 7) is 11.1. The number of aromatic nitrogens is 1. The number of rotatable bonds is 24. The van der Waals surface area contributed by atoms with E-state index in [1.807, 2.05) is 69.3 Å². The molecular weight excluding hydrogens is 1170 g/mol. The van der Waals surface area contributed by atoms with Crippen molar-refractivity contribution in [3.63, 3.8) is 0 Å². The highest BCUT2D eigenvalue weighted by Crippen LogP contribution is 2.46. The molecule has 0 bridgehead atoms. The summed E-state index contributed by atoms with van der Waals surface area (Å²) in [6, 6.07) is 29.7. The van der Waals surface area contributed by atoms with Crippen molar-refractivity contribution in [1.29, 1.82) is 0 Å². The lowest BCUT2D eigenvalue weighted by Crippen LogP contribution is -2.46. The summed E-state index contributed by atoms with van der Waals surface area (Å²) in [5, 5.41) is 3.55. The normalized spacial score (nSPS) is 15.9. The Hall–Kier alpha value is -5.66. The molecule has 1 aromatic heterocycles. The van der Waals surface area contributed by atoms with E-state index in [0.29, 0.717) is 99.6 Å². The monoisotopic (exact) mass is 1230 g/mol. The highest BCUT2D eigenvalue weighted by Gasteiger charge is 2.48. The molecule has 0 radical (unpaired) electrons. The molecular formula is C56H64ClF4N6O11PS3. The molecule has 2 saturated heterocycles. The van der Waals surface area contributed by atoms with Gasteiger partial charge in [0.2, 0.25) is 0 Å². The van der Waals surface area contributed by atoms with Crippen LogP contribution in [0.15, 0.2) is 130 Å². The molecule has 5 aromatic carbocycles. The number of sulfone groups is 1. The Morgan fingerprint density at radius 2 is 1.48 bits per heavy atom. The number of hydrogen-bond donors (Lipinski definition) is 4. The van der Waals surface area contributed by atoms with Gasteiger partial charge in [-0.15, -0.1) is 11.8 Å². The number of ether oxygens (including phenoxy) is 2. The van der Waals surface area contributed by atoms with Crippen LogP contribution in [0.5, 0.6) is 0 Å². The number of thioether (sulfide) groups is 1. The van der Waals surface area contributed by atoms with E-state index in [1.165, 1.54) is 36.0 Å². The van der Waals surface area contributed by atoms with E-state index >= 15 is 4.39 Å². The molecule has 2 atom stereocenters. The second-order valence-corrected chi connectivity index (χ2v) is 26.6. The van der Waals surface area contributed by atoms with Crippen molar-refractivity contribution in [2.75, 3.05) is 78.2 Å². The second kappa shape index (κ2) is 26.5. The second-order valence-electron chi connectivity index (χ2n) is 20.2. The maximum atomic E-state index is 15.9. The fourth-order valence-corrected chi connectivity index (χ4v) is 13.8. The van der Waals surface area contributed by atoms with Crippen molar-refractivity contribution in [2.24, 2.45) is 0 Å². The van der Waals surface area contributed by atoms with Crippen molar-refractivity contribution in [2.45, 2.75) is 91.4 Å². The number of benzene rings is 5. The summed E-state index contributed by atoms with van der Waals surface area (Å²) < 4.78 is 144. The van der Waals surface area contributed by atoms with Crippen LogP contribution in [0, 0.1) is 12.7 Å². The third kappa shape index (κ3) is 15.4. The number of carbonyl (C=O) groups excluding carboxylic acids is 1. The van der Waals surface area contributed by atoms with Gasteiger partial charge in [0.15, 0.2) is 6.79 Å². The first kappa shape index (κ1) is 62.4. The number of sulfonamides is 1. The van der Waals surface area contributed by atoms with Crippen molar-refractivity contribution in [3.8, 4) is 22.4 Å². The molecule has 82 heavy (non-hydrogen) atoms. The number of anilines is 4. The number of nitrogens with one attached hydrogen (secondary N) is 2. The number of likely N-dealkylation sites (tertiary alicyclic amines) is 1. The Morgan fingerprint density at radius 1 is 0.829 bits per heavy atom. The SMILES string of the molecule is Cc1c(C(C)OC=O)c(-c2cc(F)cc(N3CCN(c4ccc(NS(=O)(=O)c5ccc(N[C@H](CCN6CCC(OCOP(=O)(O)O)CC6)CSc6ccccc6)c(S(=O)(=O)C(F)(F)F)c5)cc4)CC3)c2)c(-c2ccc(Cl)cc2)n1C(C)C. The molecule has 0 spiro atoms. The number of nitrogens with zero attached hydrogens (tertiary/aromatic N) is 4. The lowest BCUT2D eigenvalue weighted by molar-refractivity contribution is -0.133. The molecule has 0 amide bonds. The van der Waals surface area contributed by atoms with E-state index in [9.17, 15) is 39.4 Å². The van der Waals surface area contributed by atoms with Gasteiger partial charge in [-0.1, -0.05) is 41.9 Å². The van der Waals surface area contributed by atoms with E-state index < -0.39 is 73.4 Å². The number of halogens is 5. The van der Waals surface area contributed by atoms with Crippen molar-refractivity contribution >= 4 is 80.3 Å². The van der Waals surface area contributed by atoms with Crippen LogP contribution in [-0.2, 0) is 43.2 Å². The first-order valence-corrected chi connectivity index (χ1v) is 32.1. The molecule has 2 aliphatic rings. The smallest absolute Gasteiger partial charge is 0.460 e. The Labute approximate surface area is 484 Å². The number of phosphoric acid groups is 1. The fraction of sp³-hybridized carbons (Fsp3) is 0.375. The van der Waals surface area contributed by atoms with Crippen molar-refractivity contribution in [1.82, 2.24) is 9.47 Å². The van der Waals surface area contributed by atoms with Crippen LogP contribution in [0.25, 0.3) is 22.4 Å². The van der Waals surface area contributed by atoms with E-state index in [1.54, 1.807) is 31.2 Å². The van der Waals surface area contributed by atoms with Gasteiger partial charge < -0.3 is 43.8 Å². The molecule has 442 valence electrons. The van der Waals surface area contributed by atoms with E-state index in [4.69, 9.17) is 30.9 Å². The highest BCUT2D eigenvalue weighted by atomic mass is 35.5. The van der Waals surface area contributed by atoms with Gasteiger partial charge in [-0.25, -0.2) is 25.8 Å². The molecule has 3 heterocycles. The van der Waals surface area contributed by atoms with Crippen LogP contribution in [0.1, 0.15) is 63.4 Å². The minimum Gasteiger partial charge on any atom is -0.460 e. The zero-order valence-electron chi connectivity index (χ0n) is 45.3. The van der Waals surface area contributed by atoms with Crippen LogP contribution >= 0.6 is 31.2 Å². The number of piperidine rings is 1. The number of hydrogen-bond acceptors (Lipinski definition) is 14. The zero-order chi connectivity index (χ0) is 59.1. The summed E-state index contributed by atoms with van der Waals surface area (Å²) in [7, 11) is -15.5. The number of carbonyl (C=O) groups is 1. The minimum absolute atomic E-state index is 0.0209. The summed E-state index contributed by atoms with van der Waals surface area (Å²) in [5.41, 5.74) is -0.202. The standard InChI is InChI=1S/C56H64ClF4N6O11PS3/c1-37(2)67-38(3)53(39(4)76-35-68)54(55(67)40-10-12-42(57)13-11-40)41-30-43(58)32-47(31-41)66-28-26-65(27-29-66)46-16-14-44(15-17-46)63-82(74,75)50-18-19-51(52(33-50)81(72,73)56(59,60)61)62-45(34-80-49-8-6-5-7-9-49)20-23-64-24-21-48(22-25-64)77-36-78-79(69,70)71/h5-19,30-33,35,37,39,45,48,62-63H,20-29,34,36H2,1-4H3,(H2,69,70,71)/t39?,45-/m1/s1. The summed E-state index contributed by atoms with van der Waals surface area (Å²) in [5.74, 6) is -0.172. The average Bonchev–Trinajstić information content (AvgIpc) is 3.64. The van der Waals surface area contributed by atoms with Gasteiger partial charge in [0.1, 0.15) is 16.8 Å². The Bertz CT molecular complexity index is 3460. The maximum Gasteiger partial charge on any atom is 0.501 e. The third-order valence-electron chi connectivity index (χ3n) is 14.4. The van der Waals surface area contributed by atoms with Gasteiger partial charge in [0.05, 0.1) is 22.4 Å². The molecule has 0 saturated carbocycles. The Balaban J connectivity index is 0.964. The number of phosphoric ester groups is 1. The summed E-state index contributed by atoms with van der Waals surface area (Å²) in [6.07, 6.45) is 0.374. The minimum atomic E-state index is -6.11. The summed E-state index contributed by atoms with van der Waals surface area (Å²) in [4.78, 5) is 34.6. The van der Waals surface area contributed by atoms with Crippen LogP contribution in [0.3, 0.4) is 0 Å². The topological polar surface area (TPSA) is 209 Å². The van der Waals surface area contributed by atoms with Gasteiger partial charge in [0.25, 0.3) is 26.3 Å². The lowest BCUT2D eigenvalue weighted by atomic mass is 9.94. The molecule has 2 fully saturated rings. The van der Waals surface area contributed by atoms with Gasteiger partial charge in [0, 0.05) is 107 Å². The first-order chi connectivity index (χ1) is 38.8. The molecule has 6 aromatic rings. The quantitative estimate of drug-likeness (QED) is 0.0146. The van der Waals surface area contributed by atoms with Gasteiger partial charge in [-0.2, -0.15) is 13.2 Å². The van der Waals surface area contributed by atoms with Crippen molar-refractivity contribution < 1.29 is 67.5 Å². The molecule has 2 aliphatic heterocycles. The van der Waals surface area contributed by atoms with Crippen LogP contribution in [-0.4, -0.2) is 119 Å². The summed E-state index contributed by atoms with van der Waals surface area (Å²) >= 11 is 7.70. The van der Waals surface area contributed by atoms with E-state index in [2.05, 4.69) is 33.8 Å². The van der Waals surface area contributed by atoms with Gasteiger partial charge >= 0.3 is 13.3 Å². The van der Waals surface area contributed by atoms with Crippen molar-refractivity contribution in [3.05, 3.63) is 137 Å². The molecule has 17 nitrogen and oxygen atoms in total. The van der Waals surface area contributed by atoms with Crippen LogP contribution < -0.4 is 19.8 Å². The number of alkyl halides is 3. The molecule has 0 aliphatic carbocycles. The average molecular weight is 1240 g/mol. The van der Waals surface area contributed by atoms with E-state index in [-0.39, 0.29) is 17.8 Å². The fourth-order valence-electron chi connectivity index (χ4n) is 10.4. The lowest BCUT2D eigenvalue weighted by Gasteiger charge is -2.37. The molecule has 8 rings (SSSR count). The number of piperazine rings is 1. The molecule has 1 unspecified atom stereocenters. The molecule has 26 heteroatoms. The van der Waals surface area contributed by atoms with E-state index in [0.717, 1.165) is 50.8 Å². The molecule has 4 N–H and O–H groups in total. The zero-order valence-corrected chi connectivity index (χ0v) is 49.4. The van der Waals surface area contributed by atoms with Crippen LogP contribution in [0.4, 0.5) is 40.3 Å². The Kier molecular flexibility index (Phi) is 20.2. The first-order valence-electron chi connectivity index (χ1n) is 26.3. The predicted molar refractivity (Wildman–Crippen MR) is 310 cm³/mol. The maximum absolute atomic E-state index is 15.9. The predicted octanol–water partition coefficient (Wildman–Crippen LogP) is 11.7. The largest absolute Gasteiger partial charge is 0.501 e. The van der Waals surface area contributed by atoms with Gasteiger partial charge in [-0.05, 0) is 143 Å².